The van der Waals surface area contributed by atoms with Crippen LogP contribution in [0.5, 0.6) is 0 Å². The molecule has 1 aliphatic carbocycles. The third kappa shape index (κ3) is 2.23. The van der Waals surface area contributed by atoms with Gasteiger partial charge in [-0.25, -0.2) is 0 Å². The van der Waals surface area contributed by atoms with Gasteiger partial charge in [0.15, 0.2) is 11.6 Å². The fourth-order valence-corrected chi connectivity index (χ4v) is 2.70. The van der Waals surface area contributed by atoms with E-state index in [-0.39, 0.29) is 11.6 Å². The largest absolute Gasteiger partial charge is 0.289 e. The average Bonchev–Trinajstić information content (AvgIpc) is 2.50. The monoisotopic (exact) mass is 276 g/mol. The van der Waals surface area contributed by atoms with Crippen LogP contribution in [0.3, 0.4) is 0 Å². The maximum Gasteiger partial charge on any atom is 0.194 e. The van der Waals surface area contributed by atoms with Crippen LogP contribution >= 0.6 is 0 Å². The molecule has 0 spiro atoms. The highest BCUT2D eigenvalue weighted by molar-refractivity contribution is 6.28. The Morgan fingerprint density at radius 1 is 0.857 bits per heavy atom. The molecule has 0 aromatic heterocycles. The Balaban J connectivity index is 2.19. The molecule has 0 heterocycles. The van der Waals surface area contributed by atoms with Gasteiger partial charge >= 0.3 is 0 Å². The van der Waals surface area contributed by atoms with E-state index in [0.29, 0.717) is 28.7 Å². The van der Waals surface area contributed by atoms with Crippen molar-refractivity contribution in [2.45, 2.75) is 20.3 Å². The van der Waals surface area contributed by atoms with Crippen molar-refractivity contribution in [2.75, 3.05) is 0 Å². The standard InChI is InChI=1S/C19H16O2/c1-12(2)10-11-13-6-5-9-16-17(13)19(21)15-8-4-3-7-14(15)18(16)20/h3-10H,11H2,1-2H3. The lowest BCUT2D eigenvalue weighted by Gasteiger charge is -2.19. The summed E-state index contributed by atoms with van der Waals surface area (Å²) >= 11 is 0. The topological polar surface area (TPSA) is 34.1 Å². The quantitative estimate of drug-likeness (QED) is 0.664. The summed E-state index contributed by atoms with van der Waals surface area (Å²) in [6, 6.07) is 12.6. The van der Waals surface area contributed by atoms with Crippen LogP contribution in [0, 0.1) is 0 Å². The van der Waals surface area contributed by atoms with Gasteiger partial charge in [0.1, 0.15) is 0 Å². The normalized spacial score (nSPS) is 12.7. The molecule has 0 saturated carbocycles. The maximum atomic E-state index is 12.7. The lowest BCUT2D eigenvalue weighted by atomic mass is 9.81. The molecule has 21 heavy (non-hydrogen) atoms. The van der Waals surface area contributed by atoms with Crippen molar-refractivity contribution in [2.24, 2.45) is 0 Å². The van der Waals surface area contributed by atoms with Crippen molar-refractivity contribution < 1.29 is 9.59 Å². The number of allylic oxidation sites excluding steroid dienone is 2. The van der Waals surface area contributed by atoms with Gasteiger partial charge in [-0.15, -0.1) is 0 Å². The van der Waals surface area contributed by atoms with Crippen LogP contribution in [0.15, 0.2) is 54.1 Å². The number of carbonyl (C=O) groups excluding carboxylic acids is 2. The molecule has 104 valence electrons. The van der Waals surface area contributed by atoms with Crippen molar-refractivity contribution in [3.8, 4) is 0 Å². The van der Waals surface area contributed by atoms with E-state index in [2.05, 4.69) is 6.08 Å². The van der Waals surface area contributed by atoms with E-state index < -0.39 is 0 Å². The summed E-state index contributed by atoms with van der Waals surface area (Å²) in [4.78, 5) is 25.3. The summed E-state index contributed by atoms with van der Waals surface area (Å²) < 4.78 is 0. The first-order chi connectivity index (χ1) is 10.1. The highest BCUT2D eigenvalue weighted by atomic mass is 16.1. The van der Waals surface area contributed by atoms with Crippen LogP contribution in [0.4, 0.5) is 0 Å². The Bertz CT molecular complexity index is 778. The Kier molecular flexibility index (Phi) is 3.30. The molecule has 0 N–H and O–H groups in total. The van der Waals surface area contributed by atoms with Gasteiger partial charge < -0.3 is 0 Å². The number of hydrogen-bond acceptors (Lipinski definition) is 2. The first kappa shape index (κ1) is 13.5. The number of benzene rings is 2. The summed E-state index contributed by atoms with van der Waals surface area (Å²) in [6.45, 7) is 4.05. The summed E-state index contributed by atoms with van der Waals surface area (Å²) in [5, 5.41) is 0. The first-order valence-corrected chi connectivity index (χ1v) is 7.03. The van der Waals surface area contributed by atoms with Gasteiger partial charge in [0.25, 0.3) is 0 Å². The molecule has 0 bridgehead atoms. The Labute approximate surface area is 124 Å². The van der Waals surface area contributed by atoms with E-state index in [1.807, 2.05) is 26.0 Å². The first-order valence-electron chi connectivity index (χ1n) is 7.03. The van der Waals surface area contributed by atoms with Gasteiger partial charge in [-0.05, 0) is 25.8 Å². The molecular weight excluding hydrogens is 260 g/mol. The van der Waals surface area contributed by atoms with Crippen molar-refractivity contribution >= 4 is 11.6 Å². The van der Waals surface area contributed by atoms with Crippen LogP contribution in [-0.2, 0) is 6.42 Å². The minimum atomic E-state index is -0.0562. The van der Waals surface area contributed by atoms with Crippen LogP contribution in [-0.4, -0.2) is 11.6 Å². The zero-order valence-electron chi connectivity index (χ0n) is 12.1. The van der Waals surface area contributed by atoms with E-state index in [0.717, 1.165) is 5.56 Å². The van der Waals surface area contributed by atoms with Crippen LogP contribution in [0.2, 0.25) is 0 Å². The average molecular weight is 276 g/mol. The lowest BCUT2D eigenvalue weighted by molar-refractivity contribution is 0.0978. The van der Waals surface area contributed by atoms with Gasteiger partial charge in [0.05, 0.1) is 0 Å². The molecule has 0 aliphatic heterocycles. The molecule has 0 amide bonds. The van der Waals surface area contributed by atoms with E-state index in [9.17, 15) is 9.59 Å². The minimum Gasteiger partial charge on any atom is -0.289 e. The van der Waals surface area contributed by atoms with Crippen LogP contribution in [0.1, 0.15) is 51.3 Å². The zero-order valence-corrected chi connectivity index (χ0v) is 12.1. The highest BCUT2D eigenvalue weighted by Crippen LogP contribution is 2.29. The predicted octanol–water partition coefficient (Wildman–Crippen LogP) is 3.97. The van der Waals surface area contributed by atoms with E-state index in [4.69, 9.17) is 0 Å². The molecule has 0 radical (unpaired) electrons. The number of carbonyl (C=O) groups is 2. The van der Waals surface area contributed by atoms with Gasteiger partial charge in [0, 0.05) is 22.3 Å². The van der Waals surface area contributed by atoms with Gasteiger partial charge in [0.2, 0.25) is 0 Å². The molecule has 2 aromatic carbocycles. The molecule has 0 fully saturated rings. The molecule has 0 atom stereocenters. The molecule has 2 aromatic rings. The zero-order chi connectivity index (χ0) is 15.0. The molecule has 3 rings (SSSR count). The highest BCUT2D eigenvalue weighted by Gasteiger charge is 2.30. The summed E-state index contributed by atoms with van der Waals surface area (Å²) in [5.74, 6) is -0.0998. The third-order valence-electron chi connectivity index (χ3n) is 3.77. The van der Waals surface area contributed by atoms with E-state index in [1.54, 1.807) is 30.3 Å². The number of hydrogen-bond donors (Lipinski definition) is 0. The van der Waals surface area contributed by atoms with E-state index >= 15 is 0 Å². The van der Waals surface area contributed by atoms with Gasteiger partial charge in [-0.2, -0.15) is 0 Å². The number of fused-ring (bicyclic) bond motifs is 2. The Morgan fingerprint density at radius 3 is 2.14 bits per heavy atom. The van der Waals surface area contributed by atoms with E-state index in [1.165, 1.54) is 5.57 Å². The Hall–Kier alpha value is -2.48. The van der Waals surface area contributed by atoms with Crippen molar-refractivity contribution in [1.29, 1.82) is 0 Å². The fraction of sp³-hybridized carbons (Fsp3) is 0.158. The number of rotatable bonds is 2. The second kappa shape index (κ2) is 5.13. The summed E-state index contributed by atoms with van der Waals surface area (Å²) in [5.41, 5.74) is 4.23. The second-order valence-electron chi connectivity index (χ2n) is 5.53. The molecule has 0 saturated heterocycles. The lowest BCUT2D eigenvalue weighted by Crippen LogP contribution is -2.22. The predicted molar refractivity (Wildman–Crippen MR) is 82.9 cm³/mol. The maximum absolute atomic E-state index is 12.7. The molecule has 2 nitrogen and oxygen atoms in total. The van der Waals surface area contributed by atoms with Crippen molar-refractivity contribution in [3.63, 3.8) is 0 Å². The van der Waals surface area contributed by atoms with Crippen LogP contribution < -0.4 is 0 Å². The number of ketones is 2. The fourth-order valence-electron chi connectivity index (χ4n) is 2.70. The molecule has 0 unspecified atom stereocenters. The molecular formula is C19H16O2. The van der Waals surface area contributed by atoms with Gasteiger partial charge in [-0.1, -0.05) is 54.1 Å². The van der Waals surface area contributed by atoms with Crippen molar-refractivity contribution in [1.82, 2.24) is 0 Å². The van der Waals surface area contributed by atoms with Crippen LogP contribution in [0.25, 0.3) is 0 Å². The molecule has 1 aliphatic rings. The SMILES string of the molecule is CC(C)=CCc1cccc2c1C(=O)c1ccccc1C2=O. The summed E-state index contributed by atoms with van der Waals surface area (Å²) in [7, 11) is 0. The second-order valence-corrected chi connectivity index (χ2v) is 5.53. The van der Waals surface area contributed by atoms with Gasteiger partial charge in [-0.3, -0.25) is 9.59 Å². The summed E-state index contributed by atoms with van der Waals surface area (Å²) in [6.07, 6.45) is 2.75. The smallest absolute Gasteiger partial charge is 0.194 e. The molecule has 2 heteroatoms. The Morgan fingerprint density at radius 2 is 1.48 bits per heavy atom. The third-order valence-corrected chi connectivity index (χ3v) is 3.77. The van der Waals surface area contributed by atoms with Crippen molar-refractivity contribution in [3.05, 3.63) is 81.9 Å². The minimum absolute atomic E-state index is 0.0436.